The van der Waals surface area contributed by atoms with Crippen molar-refractivity contribution in [2.24, 2.45) is 0 Å². The normalized spacial score (nSPS) is 11.1. The average Bonchev–Trinajstić information content (AvgIpc) is 2.76. The molecule has 0 fully saturated rings. The standard InChI is InChI=1S/C23H16N4O/c28-22-14-26-21-5-2-9-25-23(21)27(22)15-16-3-1-4-18(11-16)19-7-6-17-8-10-24-13-20(17)12-19/h1-14H,15H2. The number of hydrogen-bond acceptors (Lipinski definition) is 4. The van der Waals surface area contributed by atoms with Crippen LogP contribution in [0.2, 0.25) is 0 Å². The van der Waals surface area contributed by atoms with E-state index >= 15 is 0 Å². The number of benzene rings is 2. The van der Waals surface area contributed by atoms with E-state index in [2.05, 4.69) is 45.3 Å². The molecule has 5 nitrogen and oxygen atoms in total. The lowest BCUT2D eigenvalue weighted by molar-refractivity contribution is 0.775. The average molecular weight is 364 g/mol. The molecule has 3 heterocycles. The summed E-state index contributed by atoms with van der Waals surface area (Å²) in [5.41, 5.74) is 4.39. The van der Waals surface area contributed by atoms with Crippen molar-refractivity contribution in [3.05, 3.63) is 101 Å². The van der Waals surface area contributed by atoms with Gasteiger partial charge in [0.1, 0.15) is 5.52 Å². The van der Waals surface area contributed by atoms with E-state index in [1.165, 1.54) is 6.20 Å². The summed E-state index contributed by atoms with van der Waals surface area (Å²) in [7, 11) is 0. The monoisotopic (exact) mass is 364 g/mol. The molecule has 0 aliphatic rings. The molecule has 0 aliphatic heterocycles. The Balaban J connectivity index is 1.56. The predicted octanol–water partition coefficient (Wildman–Crippen LogP) is 4.06. The van der Waals surface area contributed by atoms with E-state index in [0.717, 1.165) is 27.5 Å². The van der Waals surface area contributed by atoms with Crippen LogP contribution in [0, 0.1) is 0 Å². The molecule has 134 valence electrons. The molecule has 0 N–H and O–H groups in total. The Kier molecular flexibility index (Phi) is 3.91. The first-order valence-corrected chi connectivity index (χ1v) is 9.02. The second-order valence-corrected chi connectivity index (χ2v) is 6.67. The van der Waals surface area contributed by atoms with E-state index in [0.29, 0.717) is 17.7 Å². The third kappa shape index (κ3) is 2.93. The zero-order valence-corrected chi connectivity index (χ0v) is 15.0. The van der Waals surface area contributed by atoms with Crippen LogP contribution >= 0.6 is 0 Å². The predicted molar refractivity (Wildman–Crippen MR) is 110 cm³/mol. The molecular formula is C23H16N4O. The molecule has 5 rings (SSSR count). The van der Waals surface area contributed by atoms with E-state index in [1.807, 2.05) is 36.5 Å². The lowest BCUT2D eigenvalue weighted by Gasteiger charge is -2.10. The summed E-state index contributed by atoms with van der Waals surface area (Å²) < 4.78 is 1.66. The number of hydrogen-bond donors (Lipinski definition) is 0. The van der Waals surface area contributed by atoms with Crippen molar-refractivity contribution < 1.29 is 0 Å². The first-order valence-electron chi connectivity index (χ1n) is 9.02. The Morgan fingerprint density at radius 3 is 2.68 bits per heavy atom. The SMILES string of the molecule is O=c1cnc2cccnc2n1Cc1cccc(-c2ccc3ccncc3c2)c1. The van der Waals surface area contributed by atoms with Gasteiger partial charge in [-0.05, 0) is 52.4 Å². The van der Waals surface area contributed by atoms with Gasteiger partial charge < -0.3 is 0 Å². The molecule has 0 saturated carbocycles. The minimum Gasteiger partial charge on any atom is -0.286 e. The minimum atomic E-state index is -0.159. The third-order valence-corrected chi connectivity index (χ3v) is 4.84. The van der Waals surface area contributed by atoms with Crippen molar-refractivity contribution in [2.45, 2.75) is 6.54 Å². The highest BCUT2D eigenvalue weighted by Crippen LogP contribution is 2.25. The third-order valence-electron chi connectivity index (χ3n) is 4.84. The Morgan fingerprint density at radius 2 is 1.71 bits per heavy atom. The van der Waals surface area contributed by atoms with Crippen molar-refractivity contribution in [3.8, 4) is 11.1 Å². The zero-order valence-electron chi connectivity index (χ0n) is 15.0. The number of rotatable bonds is 3. The summed E-state index contributed by atoms with van der Waals surface area (Å²) in [5, 5.41) is 2.27. The summed E-state index contributed by atoms with van der Waals surface area (Å²) in [4.78, 5) is 25.1. The van der Waals surface area contributed by atoms with Gasteiger partial charge in [-0.15, -0.1) is 0 Å². The van der Waals surface area contributed by atoms with Crippen LogP contribution in [-0.4, -0.2) is 19.5 Å². The number of nitrogens with zero attached hydrogens (tertiary/aromatic N) is 4. The molecule has 0 saturated heterocycles. The van der Waals surface area contributed by atoms with Crippen LogP contribution in [0.3, 0.4) is 0 Å². The van der Waals surface area contributed by atoms with Crippen LogP contribution in [0.1, 0.15) is 5.56 Å². The number of pyridine rings is 2. The van der Waals surface area contributed by atoms with Crippen LogP contribution in [0.5, 0.6) is 0 Å². The second kappa shape index (κ2) is 6.70. The van der Waals surface area contributed by atoms with Gasteiger partial charge >= 0.3 is 0 Å². The quantitative estimate of drug-likeness (QED) is 0.484. The van der Waals surface area contributed by atoms with Crippen LogP contribution in [0.25, 0.3) is 33.1 Å². The van der Waals surface area contributed by atoms with Crippen LogP contribution in [0.15, 0.2) is 90.2 Å². The van der Waals surface area contributed by atoms with Gasteiger partial charge in [-0.1, -0.05) is 30.3 Å². The fourth-order valence-corrected chi connectivity index (χ4v) is 3.45. The van der Waals surface area contributed by atoms with Crippen molar-refractivity contribution in [3.63, 3.8) is 0 Å². The van der Waals surface area contributed by atoms with Crippen LogP contribution in [0.4, 0.5) is 0 Å². The highest BCUT2D eigenvalue weighted by atomic mass is 16.1. The molecular weight excluding hydrogens is 348 g/mol. The Bertz CT molecular complexity index is 1370. The molecule has 0 spiro atoms. The highest BCUT2D eigenvalue weighted by molar-refractivity contribution is 5.86. The zero-order chi connectivity index (χ0) is 18.9. The Labute approximate surface area is 161 Å². The summed E-state index contributed by atoms with van der Waals surface area (Å²) >= 11 is 0. The molecule has 3 aromatic heterocycles. The number of fused-ring (bicyclic) bond motifs is 2. The van der Waals surface area contributed by atoms with Crippen LogP contribution < -0.4 is 5.56 Å². The van der Waals surface area contributed by atoms with Crippen molar-refractivity contribution in [1.82, 2.24) is 19.5 Å². The molecule has 0 unspecified atom stereocenters. The fourth-order valence-electron chi connectivity index (χ4n) is 3.45. The second-order valence-electron chi connectivity index (χ2n) is 6.67. The van der Waals surface area contributed by atoms with E-state index in [9.17, 15) is 4.79 Å². The highest BCUT2D eigenvalue weighted by Gasteiger charge is 2.07. The van der Waals surface area contributed by atoms with E-state index < -0.39 is 0 Å². The maximum Gasteiger partial charge on any atom is 0.270 e. The van der Waals surface area contributed by atoms with Gasteiger partial charge in [0.2, 0.25) is 0 Å². The van der Waals surface area contributed by atoms with E-state index in [1.54, 1.807) is 17.0 Å². The molecule has 0 atom stereocenters. The van der Waals surface area contributed by atoms with Gasteiger partial charge in [0.25, 0.3) is 5.56 Å². The lowest BCUT2D eigenvalue weighted by atomic mass is 10.0. The molecule has 0 amide bonds. The summed E-state index contributed by atoms with van der Waals surface area (Å²) in [6.07, 6.45) is 6.70. The summed E-state index contributed by atoms with van der Waals surface area (Å²) in [6.45, 7) is 0.442. The fraction of sp³-hybridized carbons (Fsp3) is 0.0435. The van der Waals surface area contributed by atoms with E-state index in [-0.39, 0.29) is 5.56 Å². The maximum absolute atomic E-state index is 12.4. The Hall–Kier alpha value is -3.86. The molecule has 0 radical (unpaired) electrons. The van der Waals surface area contributed by atoms with Crippen molar-refractivity contribution >= 4 is 21.9 Å². The smallest absolute Gasteiger partial charge is 0.270 e. The summed E-state index contributed by atoms with van der Waals surface area (Å²) in [6, 6.07) is 20.2. The molecule has 5 aromatic rings. The topological polar surface area (TPSA) is 60.7 Å². The summed E-state index contributed by atoms with van der Waals surface area (Å²) in [5.74, 6) is 0. The molecule has 2 aromatic carbocycles. The van der Waals surface area contributed by atoms with Gasteiger partial charge in [-0.3, -0.25) is 14.3 Å². The lowest BCUT2D eigenvalue weighted by Crippen LogP contribution is -2.21. The first kappa shape index (κ1) is 16.3. The van der Waals surface area contributed by atoms with Crippen molar-refractivity contribution in [1.29, 1.82) is 0 Å². The minimum absolute atomic E-state index is 0.159. The molecule has 28 heavy (non-hydrogen) atoms. The Morgan fingerprint density at radius 1 is 0.786 bits per heavy atom. The van der Waals surface area contributed by atoms with Gasteiger partial charge in [-0.2, -0.15) is 0 Å². The van der Waals surface area contributed by atoms with Gasteiger partial charge in [0.05, 0.1) is 12.7 Å². The van der Waals surface area contributed by atoms with Gasteiger partial charge in [-0.25, -0.2) is 9.97 Å². The van der Waals surface area contributed by atoms with Gasteiger partial charge in [0.15, 0.2) is 5.65 Å². The molecule has 0 bridgehead atoms. The largest absolute Gasteiger partial charge is 0.286 e. The molecule has 0 aliphatic carbocycles. The first-order chi connectivity index (χ1) is 13.8. The van der Waals surface area contributed by atoms with Crippen LogP contribution in [-0.2, 0) is 6.54 Å². The van der Waals surface area contributed by atoms with E-state index in [4.69, 9.17) is 0 Å². The molecule has 5 heteroatoms. The number of aromatic nitrogens is 4. The van der Waals surface area contributed by atoms with Gasteiger partial charge in [0, 0.05) is 24.0 Å². The van der Waals surface area contributed by atoms with Crippen molar-refractivity contribution in [2.75, 3.05) is 0 Å². The maximum atomic E-state index is 12.4.